The van der Waals surface area contributed by atoms with Crippen LogP contribution >= 0.6 is 11.8 Å². The molecule has 0 heterocycles. The van der Waals surface area contributed by atoms with Crippen LogP contribution in [0.4, 0.5) is 0 Å². The Labute approximate surface area is 203 Å². The van der Waals surface area contributed by atoms with Gasteiger partial charge in [0.25, 0.3) is 0 Å². The van der Waals surface area contributed by atoms with Gasteiger partial charge >= 0.3 is 16.4 Å². The van der Waals surface area contributed by atoms with Crippen molar-refractivity contribution >= 4 is 28.1 Å². The van der Waals surface area contributed by atoms with E-state index in [1.54, 1.807) is 13.8 Å². The Kier molecular flexibility index (Phi) is 18.6. The van der Waals surface area contributed by atoms with Gasteiger partial charge in [-0.15, -0.1) is 0 Å². The lowest BCUT2D eigenvalue weighted by molar-refractivity contribution is -0.154. The molecule has 0 aliphatic rings. The lowest BCUT2D eigenvalue weighted by Gasteiger charge is -2.24. The van der Waals surface area contributed by atoms with Gasteiger partial charge in [0.1, 0.15) is 0 Å². The molecule has 0 saturated carbocycles. The minimum absolute atomic E-state index is 0.00340. The molecule has 33 heavy (non-hydrogen) atoms. The summed E-state index contributed by atoms with van der Waals surface area (Å²) in [5.41, 5.74) is -0.742. The van der Waals surface area contributed by atoms with E-state index in [9.17, 15) is 18.3 Å². The highest BCUT2D eigenvalue weighted by Crippen LogP contribution is 2.25. The second-order valence-corrected chi connectivity index (χ2v) is 11.1. The molecule has 0 amide bonds. The molecule has 198 valence electrons. The molecule has 0 aromatic heterocycles. The fourth-order valence-corrected chi connectivity index (χ4v) is 4.41. The first-order valence-corrected chi connectivity index (χ1v) is 14.3. The molecule has 0 fully saturated rings. The molecule has 2 atom stereocenters. The van der Waals surface area contributed by atoms with Gasteiger partial charge < -0.3 is 19.7 Å². The third-order valence-electron chi connectivity index (χ3n) is 5.02. The van der Waals surface area contributed by atoms with Crippen LogP contribution in [0.15, 0.2) is 0 Å². The van der Waals surface area contributed by atoms with Gasteiger partial charge in [-0.1, -0.05) is 51.9 Å². The summed E-state index contributed by atoms with van der Waals surface area (Å²) in [5, 5.41) is 18.3. The number of unbranched alkanes of at least 4 members (excludes halogenated alkanes) is 6. The maximum Gasteiger partial charge on any atom is 0.397 e. The number of hydrogen-bond acceptors (Lipinski definition) is 9. The van der Waals surface area contributed by atoms with Crippen LogP contribution in [0.5, 0.6) is 0 Å². The van der Waals surface area contributed by atoms with Crippen molar-refractivity contribution in [2.45, 2.75) is 78.2 Å². The zero-order chi connectivity index (χ0) is 25.2. The molecule has 2 unspecified atom stereocenters. The van der Waals surface area contributed by atoms with Crippen LogP contribution in [0.3, 0.4) is 0 Å². The van der Waals surface area contributed by atoms with E-state index in [1.165, 1.54) is 43.9 Å². The van der Waals surface area contributed by atoms with Crippen molar-refractivity contribution in [2.75, 3.05) is 44.5 Å². The zero-order valence-electron chi connectivity index (χ0n) is 20.4. The Bertz CT molecular complexity index is 597. The van der Waals surface area contributed by atoms with Crippen LogP contribution in [-0.2, 0) is 28.9 Å². The largest absolute Gasteiger partial charge is 0.465 e. The number of aliphatic hydroxyl groups excluding tert-OH is 2. The predicted molar refractivity (Wildman–Crippen MR) is 130 cm³/mol. The third kappa shape index (κ3) is 19.6. The summed E-state index contributed by atoms with van der Waals surface area (Å²) in [7, 11) is -4.49. The van der Waals surface area contributed by atoms with Crippen molar-refractivity contribution in [3.8, 4) is 0 Å². The van der Waals surface area contributed by atoms with E-state index in [0.717, 1.165) is 19.3 Å². The molecule has 0 bridgehead atoms. The Hall–Kier alpha value is -0.430. The van der Waals surface area contributed by atoms with Crippen LogP contribution in [-0.4, -0.2) is 79.8 Å². The lowest BCUT2D eigenvalue weighted by atomic mass is 9.96. The molecule has 0 spiro atoms. The molecule has 0 aromatic rings. The van der Waals surface area contributed by atoms with E-state index in [1.807, 2.05) is 0 Å². The number of esters is 1. The van der Waals surface area contributed by atoms with Gasteiger partial charge in [-0.05, 0) is 20.3 Å². The predicted octanol–water partition coefficient (Wildman–Crippen LogP) is 3.24. The topological polar surface area (TPSA) is 140 Å². The molecule has 0 rings (SSSR count). The standard InChI is InChI=1S/C22H44O9S2/c1-4-5-6-7-8-9-10-11-19(15-29-12-13-31-33(26,27)28)16-30-21(25)22(2,3)18-32-17-20(24)14-23/h19-20,23-24H,4-18H2,1-3H3,(H,26,27,28). The number of thioether (sulfide) groups is 1. The molecule has 11 heteroatoms. The number of rotatable bonds is 22. The first-order chi connectivity index (χ1) is 15.5. The molecule has 0 saturated heterocycles. The van der Waals surface area contributed by atoms with Gasteiger partial charge in [-0.2, -0.15) is 20.2 Å². The fraction of sp³-hybridized carbons (Fsp3) is 0.955. The minimum atomic E-state index is -4.49. The van der Waals surface area contributed by atoms with Gasteiger partial charge in [-0.3, -0.25) is 9.35 Å². The summed E-state index contributed by atoms with van der Waals surface area (Å²) in [4.78, 5) is 12.6. The van der Waals surface area contributed by atoms with E-state index >= 15 is 0 Å². The summed E-state index contributed by atoms with van der Waals surface area (Å²) in [6.45, 7) is 5.63. The molecule has 0 radical (unpaired) electrons. The molecule has 0 aliphatic carbocycles. The van der Waals surface area contributed by atoms with Crippen molar-refractivity contribution < 1.29 is 41.6 Å². The number of aliphatic hydroxyl groups is 2. The summed E-state index contributed by atoms with van der Waals surface area (Å²) in [6.07, 6.45) is 8.18. The second kappa shape index (κ2) is 18.8. The summed E-state index contributed by atoms with van der Waals surface area (Å²) in [5.74, 6) is 0.422. The van der Waals surface area contributed by atoms with Gasteiger partial charge in [0.05, 0.1) is 44.6 Å². The fourth-order valence-electron chi connectivity index (χ4n) is 3.00. The smallest absolute Gasteiger partial charge is 0.397 e. The number of carbonyl (C=O) groups excluding carboxylic acids is 1. The Morgan fingerprint density at radius 2 is 1.67 bits per heavy atom. The number of carbonyl (C=O) groups is 1. The van der Waals surface area contributed by atoms with E-state index in [2.05, 4.69) is 11.1 Å². The zero-order valence-corrected chi connectivity index (χ0v) is 22.0. The highest BCUT2D eigenvalue weighted by Gasteiger charge is 2.30. The first-order valence-electron chi connectivity index (χ1n) is 11.7. The van der Waals surface area contributed by atoms with Gasteiger partial charge in [0.15, 0.2) is 0 Å². The highest BCUT2D eigenvalue weighted by molar-refractivity contribution is 7.99. The third-order valence-corrected chi connectivity index (χ3v) is 7.03. The summed E-state index contributed by atoms with van der Waals surface area (Å²) < 4.78 is 45.0. The van der Waals surface area contributed by atoms with E-state index in [0.29, 0.717) is 11.5 Å². The van der Waals surface area contributed by atoms with Gasteiger partial charge in [0, 0.05) is 17.4 Å². The first kappa shape index (κ1) is 32.6. The van der Waals surface area contributed by atoms with E-state index in [4.69, 9.17) is 19.1 Å². The average molecular weight is 517 g/mol. The Morgan fingerprint density at radius 1 is 1.03 bits per heavy atom. The van der Waals surface area contributed by atoms with Crippen molar-refractivity contribution in [3.63, 3.8) is 0 Å². The SMILES string of the molecule is CCCCCCCCCC(COCCOS(=O)(=O)O)COC(=O)C(C)(C)CSCC(O)CO. The Morgan fingerprint density at radius 3 is 2.27 bits per heavy atom. The van der Waals surface area contributed by atoms with Gasteiger partial charge in [-0.25, -0.2) is 4.18 Å². The number of ether oxygens (including phenoxy) is 2. The minimum Gasteiger partial charge on any atom is -0.465 e. The van der Waals surface area contributed by atoms with E-state index < -0.39 is 21.9 Å². The lowest BCUT2D eigenvalue weighted by Crippen LogP contribution is -2.32. The Balaban J connectivity index is 4.48. The maximum atomic E-state index is 12.6. The molecule has 9 nitrogen and oxygen atoms in total. The second-order valence-electron chi connectivity index (χ2n) is 8.93. The monoisotopic (exact) mass is 516 g/mol. The molecule has 0 aromatic carbocycles. The van der Waals surface area contributed by atoms with Crippen molar-refractivity contribution in [2.24, 2.45) is 11.3 Å². The highest BCUT2D eigenvalue weighted by atomic mass is 32.3. The average Bonchev–Trinajstić information content (AvgIpc) is 2.74. The molecule has 3 N–H and O–H groups in total. The van der Waals surface area contributed by atoms with Crippen LogP contribution < -0.4 is 0 Å². The molecular weight excluding hydrogens is 472 g/mol. The van der Waals surface area contributed by atoms with Crippen molar-refractivity contribution in [1.82, 2.24) is 0 Å². The molecule has 0 aliphatic heterocycles. The van der Waals surface area contributed by atoms with Crippen LogP contribution in [0.25, 0.3) is 0 Å². The van der Waals surface area contributed by atoms with Crippen molar-refractivity contribution in [3.05, 3.63) is 0 Å². The van der Waals surface area contributed by atoms with E-state index in [-0.39, 0.29) is 44.9 Å². The number of hydrogen-bond donors (Lipinski definition) is 3. The van der Waals surface area contributed by atoms with Crippen LogP contribution in [0.2, 0.25) is 0 Å². The van der Waals surface area contributed by atoms with Gasteiger partial charge in [0.2, 0.25) is 0 Å². The maximum absolute atomic E-state index is 12.6. The van der Waals surface area contributed by atoms with Crippen molar-refractivity contribution in [1.29, 1.82) is 0 Å². The summed E-state index contributed by atoms with van der Waals surface area (Å²) in [6, 6.07) is 0. The summed E-state index contributed by atoms with van der Waals surface area (Å²) >= 11 is 1.38. The normalized spacial score (nSPS) is 14.2. The van der Waals surface area contributed by atoms with Crippen LogP contribution in [0, 0.1) is 11.3 Å². The van der Waals surface area contributed by atoms with Crippen LogP contribution in [0.1, 0.15) is 72.1 Å². The molecular formula is C22H44O9S2. The quantitative estimate of drug-likeness (QED) is 0.112.